The van der Waals surface area contributed by atoms with Crippen LogP contribution in [-0.2, 0) is 16.1 Å². The average molecular weight is 229 g/mol. The molecule has 0 aliphatic carbocycles. The number of carboxylic acids is 1. The minimum absolute atomic E-state index is 0.522. The van der Waals surface area contributed by atoms with E-state index >= 15 is 0 Å². The Bertz CT molecular complexity index is 321. The molecule has 1 heterocycles. The Balaban J connectivity index is 2.76. The summed E-state index contributed by atoms with van der Waals surface area (Å²) in [7, 11) is 0. The SMILES string of the molecule is CC(C)(Cc1cccs1)C(ON)C(=O)O. The summed E-state index contributed by atoms with van der Waals surface area (Å²) in [6, 6.07) is 3.91. The van der Waals surface area contributed by atoms with E-state index in [1.54, 1.807) is 11.3 Å². The van der Waals surface area contributed by atoms with E-state index in [2.05, 4.69) is 4.84 Å². The van der Waals surface area contributed by atoms with Crippen LogP contribution in [0.15, 0.2) is 17.5 Å². The van der Waals surface area contributed by atoms with Crippen molar-refractivity contribution in [1.29, 1.82) is 0 Å². The van der Waals surface area contributed by atoms with Crippen LogP contribution in [0.25, 0.3) is 0 Å². The van der Waals surface area contributed by atoms with Crippen LogP contribution in [0.2, 0.25) is 0 Å². The number of hydrogen-bond acceptors (Lipinski definition) is 4. The zero-order chi connectivity index (χ0) is 11.5. The fraction of sp³-hybridized carbons (Fsp3) is 0.500. The molecule has 0 aliphatic rings. The first kappa shape index (κ1) is 12.2. The maximum Gasteiger partial charge on any atom is 0.335 e. The molecule has 0 saturated heterocycles. The number of aliphatic carboxylic acids is 1. The lowest BCUT2D eigenvalue weighted by Gasteiger charge is -2.28. The molecule has 0 amide bonds. The molecule has 0 spiro atoms. The van der Waals surface area contributed by atoms with Gasteiger partial charge >= 0.3 is 5.97 Å². The largest absolute Gasteiger partial charge is 0.479 e. The van der Waals surface area contributed by atoms with Gasteiger partial charge in [0.05, 0.1) is 0 Å². The summed E-state index contributed by atoms with van der Waals surface area (Å²) in [4.78, 5) is 16.6. The Hall–Kier alpha value is -0.910. The number of carbonyl (C=O) groups is 1. The van der Waals surface area contributed by atoms with Crippen LogP contribution in [0.5, 0.6) is 0 Å². The van der Waals surface area contributed by atoms with Crippen LogP contribution in [-0.4, -0.2) is 17.2 Å². The number of carboxylic acid groups (broad SMARTS) is 1. The summed E-state index contributed by atoms with van der Waals surface area (Å²) in [5.41, 5.74) is -0.522. The number of hydrogen-bond donors (Lipinski definition) is 2. The second-order valence-corrected chi connectivity index (χ2v) is 5.13. The zero-order valence-electron chi connectivity index (χ0n) is 8.77. The summed E-state index contributed by atoms with van der Waals surface area (Å²) < 4.78 is 0. The standard InChI is InChI=1S/C10H15NO3S/c1-10(2,8(14-11)9(12)13)6-7-4-3-5-15-7/h3-5,8H,6,11H2,1-2H3,(H,12,13). The molecule has 15 heavy (non-hydrogen) atoms. The molecule has 0 aliphatic heterocycles. The molecule has 1 unspecified atom stereocenters. The van der Waals surface area contributed by atoms with E-state index in [9.17, 15) is 4.79 Å². The van der Waals surface area contributed by atoms with Gasteiger partial charge in [-0.15, -0.1) is 11.3 Å². The first-order valence-corrected chi connectivity index (χ1v) is 5.46. The third-order valence-corrected chi connectivity index (χ3v) is 3.16. The van der Waals surface area contributed by atoms with Crippen LogP contribution in [0.4, 0.5) is 0 Å². The fourth-order valence-electron chi connectivity index (χ4n) is 1.53. The second kappa shape index (κ2) is 4.74. The van der Waals surface area contributed by atoms with Crippen molar-refractivity contribution in [1.82, 2.24) is 0 Å². The summed E-state index contributed by atoms with van der Waals surface area (Å²) in [5.74, 6) is 3.98. The molecule has 1 aromatic heterocycles. The molecule has 1 aromatic rings. The van der Waals surface area contributed by atoms with E-state index in [1.807, 2.05) is 31.4 Å². The van der Waals surface area contributed by atoms with Crippen molar-refractivity contribution in [3.8, 4) is 0 Å². The first-order valence-electron chi connectivity index (χ1n) is 4.58. The summed E-state index contributed by atoms with van der Waals surface area (Å²) in [6.07, 6.45) is -0.349. The van der Waals surface area contributed by atoms with E-state index < -0.39 is 17.5 Å². The topological polar surface area (TPSA) is 72.5 Å². The number of rotatable bonds is 5. The van der Waals surface area contributed by atoms with Gasteiger partial charge in [-0.05, 0) is 17.9 Å². The van der Waals surface area contributed by atoms with Crippen molar-refractivity contribution in [2.24, 2.45) is 11.3 Å². The Morgan fingerprint density at radius 2 is 2.40 bits per heavy atom. The van der Waals surface area contributed by atoms with Gasteiger partial charge in [-0.1, -0.05) is 19.9 Å². The highest BCUT2D eigenvalue weighted by atomic mass is 32.1. The van der Waals surface area contributed by atoms with Crippen molar-refractivity contribution in [3.63, 3.8) is 0 Å². The molecule has 0 aromatic carbocycles. The molecule has 1 atom stereocenters. The molecule has 84 valence electrons. The van der Waals surface area contributed by atoms with Gasteiger partial charge in [-0.3, -0.25) is 4.84 Å². The number of nitrogens with two attached hydrogens (primary N) is 1. The lowest BCUT2D eigenvalue weighted by atomic mass is 9.82. The fourth-order valence-corrected chi connectivity index (χ4v) is 2.48. The molecule has 3 N–H and O–H groups in total. The van der Waals surface area contributed by atoms with Crippen LogP contribution >= 0.6 is 11.3 Å². The van der Waals surface area contributed by atoms with Gasteiger partial charge in [0.2, 0.25) is 0 Å². The van der Waals surface area contributed by atoms with Gasteiger partial charge in [0, 0.05) is 10.3 Å². The zero-order valence-corrected chi connectivity index (χ0v) is 9.58. The maximum atomic E-state index is 10.9. The third-order valence-electron chi connectivity index (χ3n) is 2.28. The van der Waals surface area contributed by atoms with Crippen LogP contribution in [0, 0.1) is 5.41 Å². The molecular formula is C10H15NO3S. The molecule has 1 rings (SSSR count). The van der Waals surface area contributed by atoms with E-state index in [1.165, 1.54) is 0 Å². The second-order valence-electron chi connectivity index (χ2n) is 4.10. The molecule has 0 saturated carbocycles. The number of thiophene rings is 1. The van der Waals surface area contributed by atoms with Gasteiger partial charge in [0.1, 0.15) is 0 Å². The van der Waals surface area contributed by atoms with Gasteiger partial charge in [-0.2, -0.15) is 0 Å². The van der Waals surface area contributed by atoms with E-state index in [0.29, 0.717) is 6.42 Å². The lowest BCUT2D eigenvalue weighted by Crippen LogP contribution is -2.41. The third kappa shape index (κ3) is 3.02. The van der Waals surface area contributed by atoms with Crippen LogP contribution in [0.1, 0.15) is 18.7 Å². The molecule has 0 bridgehead atoms. The molecule has 0 fully saturated rings. The van der Waals surface area contributed by atoms with Gasteiger partial charge in [0.25, 0.3) is 0 Å². The average Bonchev–Trinajstić information content (AvgIpc) is 2.55. The van der Waals surface area contributed by atoms with Crippen LogP contribution in [0.3, 0.4) is 0 Å². The predicted octanol–water partition coefficient (Wildman–Crippen LogP) is 1.66. The predicted molar refractivity (Wildman–Crippen MR) is 58.5 cm³/mol. The van der Waals surface area contributed by atoms with Crippen molar-refractivity contribution in [3.05, 3.63) is 22.4 Å². The highest BCUT2D eigenvalue weighted by molar-refractivity contribution is 7.09. The smallest absolute Gasteiger partial charge is 0.335 e. The normalized spacial score (nSPS) is 13.8. The lowest BCUT2D eigenvalue weighted by molar-refractivity contribution is -0.159. The Morgan fingerprint density at radius 3 is 2.80 bits per heavy atom. The molecular weight excluding hydrogens is 214 g/mol. The van der Waals surface area contributed by atoms with Gasteiger partial charge in [0.15, 0.2) is 6.10 Å². The summed E-state index contributed by atoms with van der Waals surface area (Å²) in [6.45, 7) is 3.66. The van der Waals surface area contributed by atoms with E-state index in [4.69, 9.17) is 11.0 Å². The van der Waals surface area contributed by atoms with Crippen molar-refractivity contribution in [2.75, 3.05) is 0 Å². The van der Waals surface area contributed by atoms with E-state index in [-0.39, 0.29) is 0 Å². The van der Waals surface area contributed by atoms with Crippen molar-refractivity contribution < 1.29 is 14.7 Å². The first-order chi connectivity index (χ1) is 6.97. The highest BCUT2D eigenvalue weighted by Gasteiger charge is 2.36. The molecule has 0 radical (unpaired) electrons. The summed E-state index contributed by atoms with van der Waals surface area (Å²) >= 11 is 1.60. The maximum absolute atomic E-state index is 10.9. The Morgan fingerprint density at radius 1 is 1.73 bits per heavy atom. The van der Waals surface area contributed by atoms with E-state index in [0.717, 1.165) is 4.88 Å². The van der Waals surface area contributed by atoms with Crippen molar-refractivity contribution in [2.45, 2.75) is 26.4 Å². The highest BCUT2D eigenvalue weighted by Crippen LogP contribution is 2.29. The minimum atomic E-state index is -1.03. The van der Waals surface area contributed by atoms with Crippen molar-refractivity contribution >= 4 is 17.3 Å². The summed E-state index contributed by atoms with van der Waals surface area (Å²) in [5, 5.41) is 10.9. The molecule has 5 heteroatoms. The van der Waals surface area contributed by atoms with Gasteiger partial charge < -0.3 is 5.11 Å². The quantitative estimate of drug-likeness (QED) is 0.753. The van der Waals surface area contributed by atoms with Crippen LogP contribution < -0.4 is 5.90 Å². The molecule has 4 nitrogen and oxygen atoms in total. The minimum Gasteiger partial charge on any atom is -0.479 e. The van der Waals surface area contributed by atoms with Gasteiger partial charge in [-0.25, -0.2) is 10.7 Å². The monoisotopic (exact) mass is 229 g/mol. The Labute approximate surface area is 92.6 Å². The Kier molecular flexibility index (Phi) is 3.84.